The summed E-state index contributed by atoms with van der Waals surface area (Å²) in [6, 6.07) is 71.6. The number of hydrogen-bond acceptors (Lipinski definition) is 2. The molecule has 2 aliphatic carbocycles. The van der Waals surface area contributed by atoms with Crippen LogP contribution in [0.3, 0.4) is 0 Å². The molecule has 0 fully saturated rings. The van der Waals surface area contributed by atoms with Crippen molar-refractivity contribution in [2.75, 3.05) is 4.90 Å². The lowest BCUT2D eigenvalue weighted by molar-refractivity contribution is 0.155. The summed E-state index contributed by atoms with van der Waals surface area (Å²) >= 11 is 0. The molecule has 0 saturated heterocycles. The van der Waals surface area contributed by atoms with Gasteiger partial charge in [0.25, 0.3) is 0 Å². The van der Waals surface area contributed by atoms with E-state index >= 15 is 0 Å². The van der Waals surface area contributed by atoms with Crippen molar-refractivity contribution < 1.29 is 4.74 Å². The molecule has 3 unspecified atom stereocenters. The SMILES string of the molecule is CC1(c2cccc(-c3ccc(N(c4ccc(-c5ccc6c(c5)C5C=CC=CC5(C)O6)cc4)c4ccc(-c5cccc6c5ccc5ccccc56)cc4)cc3)c2)CC=Cc2ccccc21. The van der Waals surface area contributed by atoms with Crippen molar-refractivity contribution >= 4 is 44.7 Å². The van der Waals surface area contributed by atoms with E-state index < -0.39 is 0 Å². The number of allylic oxidation sites excluding steroid dienone is 3. The third-order valence-corrected chi connectivity index (χ3v) is 14.2. The minimum atomic E-state index is -0.340. The van der Waals surface area contributed by atoms with E-state index in [1.807, 2.05) is 0 Å². The van der Waals surface area contributed by atoms with E-state index in [2.05, 4.69) is 249 Å². The fourth-order valence-corrected chi connectivity index (χ4v) is 10.7. The highest BCUT2D eigenvalue weighted by Crippen LogP contribution is 2.49. The summed E-state index contributed by atoms with van der Waals surface area (Å²) in [4.78, 5) is 2.37. The Hall–Kier alpha value is -7.68. The maximum atomic E-state index is 6.45. The zero-order valence-corrected chi connectivity index (χ0v) is 36.1. The van der Waals surface area contributed by atoms with Crippen LogP contribution < -0.4 is 9.64 Å². The Morgan fingerprint density at radius 1 is 0.516 bits per heavy atom. The Bertz CT molecular complexity index is 3350. The van der Waals surface area contributed by atoms with Crippen LogP contribution in [0.25, 0.3) is 61.0 Å². The number of hydrogen-bond donors (Lipinski definition) is 0. The quantitative estimate of drug-likeness (QED) is 0.149. The minimum absolute atomic E-state index is 0.0886. The van der Waals surface area contributed by atoms with Gasteiger partial charge in [0, 0.05) is 34.0 Å². The molecule has 12 rings (SSSR count). The maximum absolute atomic E-state index is 6.45. The van der Waals surface area contributed by atoms with E-state index in [9.17, 15) is 0 Å². The average Bonchev–Trinajstić information content (AvgIpc) is 3.66. The first kappa shape index (κ1) is 38.0. The molecule has 9 aromatic rings. The fraction of sp³-hybridized carbons (Fsp3) is 0.0968. The third kappa shape index (κ3) is 6.32. The van der Waals surface area contributed by atoms with Gasteiger partial charge in [0.15, 0.2) is 0 Å². The predicted molar refractivity (Wildman–Crippen MR) is 269 cm³/mol. The van der Waals surface area contributed by atoms with Gasteiger partial charge in [-0.05, 0) is 140 Å². The van der Waals surface area contributed by atoms with E-state index in [1.165, 1.54) is 77.2 Å². The molecule has 3 atom stereocenters. The van der Waals surface area contributed by atoms with Crippen LogP contribution in [0, 0.1) is 0 Å². The molecule has 0 N–H and O–H groups in total. The molecule has 9 aromatic carbocycles. The highest BCUT2D eigenvalue weighted by molar-refractivity contribution is 6.12. The molecule has 0 saturated carbocycles. The Morgan fingerprint density at radius 3 is 1.95 bits per heavy atom. The number of ether oxygens (including phenoxy) is 1. The maximum Gasteiger partial charge on any atom is 0.135 e. The van der Waals surface area contributed by atoms with Crippen molar-refractivity contribution in [1.82, 2.24) is 0 Å². The molecule has 306 valence electrons. The van der Waals surface area contributed by atoms with Gasteiger partial charge in [0.2, 0.25) is 0 Å². The average molecular weight is 822 g/mol. The van der Waals surface area contributed by atoms with Crippen LogP contribution in [0.2, 0.25) is 0 Å². The third-order valence-electron chi connectivity index (χ3n) is 14.2. The van der Waals surface area contributed by atoms with Crippen molar-refractivity contribution in [3.05, 3.63) is 247 Å². The van der Waals surface area contributed by atoms with Gasteiger partial charge < -0.3 is 9.64 Å². The van der Waals surface area contributed by atoms with Crippen molar-refractivity contribution in [3.8, 4) is 39.1 Å². The van der Waals surface area contributed by atoms with Crippen LogP contribution in [0.4, 0.5) is 17.1 Å². The van der Waals surface area contributed by atoms with E-state index in [4.69, 9.17) is 4.74 Å². The summed E-state index contributed by atoms with van der Waals surface area (Å²) in [5, 5.41) is 5.08. The molecule has 0 aromatic heterocycles. The standard InChI is InChI=1S/C62H47NO/c1-61(38-11-15-46-13-4-6-20-58(46)61)49-16-9-14-47(40-49)42-22-30-50(31-23-42)63(51-32-24-43(25-33-51)48-29-37-60-57(41-48)59-21-7-8-39-62(59,2)64-60)52-34-26-45(27-35-52)54-18-10-19-55-53-17-5-3-12-44(53)28-36-56(54)55/h3-37,39-41,59H,38H2,1-2H3. The van der Waals surface area contributed by atoms with Gasteiger partial charge in [0.05, 0.1) is 0 Å². The normalized spacial score (nSPS) is 19.2. The topological polar surface area (TPSA) is 12.5 Å². The highest BCUT2D eigenvalue weighted by Gasteiger charge is 2.42. The lowest BCUT2D eigenvalue weighted by Crippen LogP contribution is -2.32. The molecule has 2 nitrogen and oxygen atoms in total. The van der Waals surface area contributed by atoms with Gasteiger partial charge in [-0.25, -0.2) is 0 Å². The molecule has 3 aliphatic rings. The molecule has 1 heterocycles. The number of rotatable bonds is 7. The Morgan fingerprint density at radius 2 is 1.17 bits per heavy atom. The Balaban J connectivity index is 0.905. The minimum Gasteiger partial charge on any atom is -0.482 e. The first-order valence-electron chi connectivity index (χ1n) is 22.5. The summed E-state index contributed by atoms with van der Waals surface area (Å²) in [5.41, 5.74) is 15.3. The zero-order valence-electron chi connectivity index (χ0n) is 36.1. The molecule has 2 heteroatoms. The first-order chi connectivity index (χ1) is 31.4. The lowest BCUT2D eigenvalue weighted by atomic mass is 9.69. The predicted octanol–water partition coefficient (Wildman–Crippen LogP) is 16.5. The van der Waals surface area contributed by atoms with Crippen LogP contribution >= 0.6 is 0 Å². The summed E-state index contributed by atoms with van der Waals surface area (Å²) in [5.74, 6) is 1.17. The molecule has 0 radical (unpaired) electrons. The second-order valence-corrected chi connectivity index (χ2v) is 18.0. The van der Waals surface area contributed by atoms with E-state index in [-0.39, 0.29) is 16.9 Å². The zero-order chi connectivity index (χ0) is 42.8. The van der Waals surface area contributed by atoms with Gasteiger partial charge in [-0.1, -0.05) is 183 Å². The van der Waals surface area contributed by atoms with E-state index in [0.29, 0.717) is 0 Å². The molecular formula is C62H47NO. The molecule has 0 bridgehead atoms. The van der Waals surface area contributed by atoms with Gasteiger partial charge >= 0.3 is 0 Å². The second-order valence-electron chi connectivity index (χ2n) is 18.0. The van der Waals surface area contributed by atoms with Crippen molar-refractivity contribution in [2.45, 2.75) is 37.2 Å². The van der Waals surface area contributed by atoms with Crippen molar-refractivity contribution in [2.24, 2.45) is 0 Å². The summed E-state index contributed by atoms with van der Waals surface area (Å²) < 4.78 is 6.45. The molecule has 1 aliphatic heterocycles. The van der Waals surface area contributed by atoms with Crippen molar-refractivity contribution in [1.29, 1.82) is 0 Å². The van der Waals surface area contributed by atoms with Crippen molar-refractivity contribution in [3.63, 3.8) is 0 Å². The van der Waals surface area contributed by atoms with Crippen LogP contribution in [0.5, 0.6) is 5.75 Å². The second kappa shape index (κ2) is 15.0. The molecule has 0 spiro atoms. The highest BCUT2D eigenvalue weighted by atomic mass is 16.5. The molecular weight excluding hydrogens is 775 g/mol. The number of benzene rings is 9. The summed E-state index contributed by atoms with van der Waals surface area (Å²) in [6.07, 6.45) is 14.2. The molecule has 0 amide bonds. The monoisotopic (exact) mass is 821 g/mol. The smallest absolute Gasteiger partial charge is 0.135 e. The van der Waals surface area contributed by atoms with Crippen LogP contribution in [-0.4, -0.2) is 5.60 Å². The van der Waals surface area contributed by atoms with Gasteiger partial charge in [-0.15, -0.1) is 0 Å². The van der Waals surface area contributed by atoms with Gasteiger partial charge in [-0.2, -0.15) is 0 Å². The number of fused-ring (bicyclic) bond motifs is 7. The summed E-state index contributed by atoms with van der Waals surface area (Å²) in [7, 11) is 0. The molecule has 64 heavy (non-hydrogen) atoms. The van der Waals surface area contributed by atoms with Gasteiger partial charge in [0.1, 0.15) is 11.4 Å². The van der Waals surface area contributed by atoms with Crippen LogP contribution in [-0.2, 0) is 5.41 Å². The largest absolute Gasteiger partial charge is 0.482 e. The lowest BCUT2D eigenvalue weighted by Gasteiger charge is -2.34. The first-order valence-corrected chi connectivity index (χ1v) is 22.5. The fourth-order valence-electron chi connectivity index (χ4n) is 10.7. The van der Waals surface area contributed by atoms with Gasteiger partial charge in [-0.3, -0.25) is 0 Å². The van der Waals surface area contributed by atoms with E-state index in [0.717, 1.165) is 29.2 Å². The summed E-state index contributed by atoms with van der Waals surface area (Å²) in [6.45, 7) is 4.56. The Labute approximate surface area is 375 Å². The number of anilines is 3. The van der Waals surface area contributed by atoms with Crippen LogP contribution in [0.1, 0.15) is 48.4 Å². The Kier molecular flexibility index (Phi) is 8.91. The van der Waals surface area contributed by atoms with E-state index in [1.54, 1.807) is 0 Å². The number of nitrogens with zero attached hydrogens (tertiary/aromatic N) is 1. The van der Waals surface area contributed by atoms with Crippen LogP contribution in [0.15, 0.2) is 225 Å².